The Kier molecular flexibility index (Phi) is 3.61. The highest BCUT2D eigenvalue weighted by Crippen LogP contribution is 2.64. The molecule has 0 radical (unpaired) electrons. The maximum Gasteiger partial charge on any atom is 0.310 e. The third-order valence-electron chi connectivity index (χ3n) is 4.07. The maximum absolute atomic E-state index is 12.0. The van der Waals surface area contributed by atoms with E-state index in [4.69, 9.17) is 4.74 Å². The fourth-order valence-corrected chi connectivity index (χ4v) is 2.82. The first-order chi connectivity index (χ1) is 9.19. The van der Waals surface area contributed by atoms with Gasteiger partial charge in [-0.05, 0) is 17.9 Å². The van der Waals surface area contributed by atoms with Crippen molar-refractivity contribution in [1.82, 2.24) is 9.97 Å². The second-order valence-corrected chi connectivity index (χ2v) is 7.12. The predicted octanol–water partition coefficient (Wildman–Crippen LogP) is 3.08. The molecule has 0 N–H and O–H groups in total. The van der Waals surface area contributed by atoms with Gasteiger partial charge in [-0.3, -0.25) is 4.79 Å². The minimum absolute atomic E-state index is 0.0574. The van der Waals surface area contributed by atoms with Gasteiger partial charge in [-0.1, -0.05) is 34.6 Å². The van der Waals surface area contributed by atoms with Crippen molar-refractivity contribution in [3.8, 4) is 0 Å². The summed E-state index contributed by atoms with van der Waals surface area (Å²) in [6.45, 7) is 12.7. The lowest BCUT2D eigenvalue weighted by atomic mass is 9.95. The largest absolute Gasteiger partial charge is 0.466 e. The highest BCUT2D eigenvalue weighted by atomic mass is 16.5. The number of aromatic nitrogens is 2. The maximum atomic E-state index is 12.0. The summed E-state index contributed by atoms with van der Waals surface area (Å²) in [5, 5.41) is 0. The van der Waals surface area contributed by atoms with Crippen molar-refractivity contribution >= 4 is 5.97 Å². The number of carbonyl (C=O) groups is 1. The van der Waals surface area contributed by atoms with Gasteiger partial charge in [0, 0.05) is 23.7 Å². The molecule has 20 heavy (non-hydrogen) atoms. The number of nitrogens with zero attached hydrogens (tertiary/aromatic N) is 2. The quantitative estimate of drug-likeness (QED) is 0.796. The van der Waals surface area contributed by atoms with E-state index in [-0.39, 0.29) is 28.6 Å². The van der Waals surface area contributed by atoms with Crippen LogP contribution >= 0.6 is 0 Å². The molecule has 1 aromatic heterocycles. The molecule has 0 aromatic carbocycles. The first-order valence-electron chi connectivity index (χ1n) is 7.18. The molecule has 0 bridgehead atoms. The van der Waals surface area contributed by atoms with E-state index in [9.17, 15) is 4.79 Å². The van der Waals surface area contributed by atoms with Crippen molar-refractivity contribution in [3.05, 3.63) is 23.8 Å². The zero-order valence-electron chi connectivity index (χ0n) is 13.2. The molecule has 4 heteroatoms. The highest BCUT2D eigenvalue weighted by molar-refractivity contribution is 5.79. The molecule has 0 amide bonds. The Balaban J connectivity index is 2.19. The van der Waals surface area contributed by atoms with E-state index in [0.29, 0.717) is 6.61 Å². The second-order valence-electron chi connectivity index (χ2n) is 7.12. The topological polar surface area (TPSA) is 52.1 Å². The normalized spacial score (nSPS) is 24.3. The lowest BCUT2D eigenvalue weighted by Crippen LogP contribution is -2.16. The zero-order chi connectivity index (χ0) is 15.1. The van der Waals surface area contributed by atoms with E-state index in [1.807, 2.05) is 19.3 Å². The second kappa shape index (κ2) is 4.83. The number of carbonyl (C=O) groups excluding carboxylic acids is 1. The molecule has 1 saturated carbocycles. The Bertz CT molecular complexity index is 500. The third-order valence-corrected chi connectivity index (χ3v) is 4.07. The van der Waals surface area contributed by atoms with Gasteiger partial charge >= 0.3 is 5.97 Å². The van der Waals surface area contributed by atoms with E-state index in [0.717, 1.165) is 11.4 Å². The van der Waals surface area contributed by atoms with Crippen molar-refractivity contribution in [2.45, 2.75) is 52.9 Å². The first kappa shape index (κ1) is 14.9. The Morgan fingerprint density at radius 3 is 2.30 bits per heavy atom. The third kappa shape index (κ3) is 2.56. The van der Waals surface area contributed by atoms with Gasteiger partial charge in [0.1, 0.15) is 5.82 Å². The van der Waals surface area contributed by atoms with Crippen LogP contribution in [0.3, 0.4) is 0 Å². The molecule has 1 heterocycles. The Morgan fingerprint density at radius 1 is 1.30 bits per heavy atom. The van der Waals surface area contributed by atoms with E-state index in [1.165, 1.54) is 0 Å². The average Bonchev–Trinajstić information content (AvgIpc) is 2.92. The molecular weight excluding hydrogens is 252 g/mol. The predicted molar refractivity (Wildman–Crippen MR) is 77.4 cm³/mol. The molecule has 2 unspecified atom stereocenters. The summed E-state index contributed by atoms with van der Waals surface area (Å²) >= 11 is 0. The summed E-state index contributed by atoms with van der Waals surface area (Å²) in [6.07, 6.45) is 3.72. The lowest BCUT2D eigenvalue weighted by Gasteiger charge is -2.16. The van der Waals surface area contributed by atoms with Gasteiger partial charge in [0.05, 0.1) is 12.5 Å². The number of esters is 1. The SMILES string of the molecule is CCOC(=O)C1C(c2cnc(C(C)(C)C)nc2)C1(C)C. The number of hydrogen-bond donors (Lipinski definition) is 0. The summed E-state index contributed by atoms with van der Waals surface area (Å²) in [4.78, 5) is 20.9. The van der Waals surface area contributed by atoms with Crippen LogP contribution in [0.4, 0.5) is 0 Å². The smallest absolute Gasteiger partial charge is 0.310 e. The summed E-state index contributed by atoms with van der Waals surface area (Å²) in [5.74, 6) is 0.803. The molecule has 0 spiro atoms. The number of ether oxygens (including phenoxy) is 1. The number of hydrogen-bond acceptors (Lipinski definition) is 4. The number of rotatable bonds is 3. The fraction of sp³-hybridized carbons (Fsp3) is 0.688. The molecule has 0 saturated heterocycles. The van der Waals surface area contributed by atoms with Gasteiger partial charge in [0.2, 0.25) is 0 Å². The van der Waals surface area contributed by atoms with Gasteiger partial charge in [-0.25, -0.2) is 9.97 Å². The molecule has 0 aliphatic heterocycles. The van der Waals surface area contributed by atoms with Gasteiger partial charge in [0.25, 0.3) is 0 Å². The van der Waals surface area contributed by atoms with Crippen molar-refractivity contribution in [2.24, 2.45) is 11.3 Å². The Labute approximate surface area is 121 Å². The standard InChI is InChI=1S/C16H24N2O2/c1-7-20-13(19)12-11(16(12,5)6)10-8-17-14(18-9-10)15(2,3)4/h8-9,11-12H,7H2,1-6H3. The monoisotopic (exact) mass is 276 g/mol. The highest BCUT2D eigenvalue weighted by Gasteiger charge is 2.63. The van der Waals surface area contributed by atoms with Crippen LogP contribution in [-0.4, -0.2) is 22.5 Å². The van der Waals surface area contributed by atoms with E-state index < -0.39 is 0 Å². The molecule has 4 nitrogen and oxygen atoms in total. The van der Waals surface area contributed by atoms with Crippen molar-refractivity contribution < 1.29 is 9.53 Å². The van der Waals surface area contributed by atoms with E-state index in [1.54, 1.807) is 0 Å². The Hall–Kier alpha value is -1.45. The van der Waals surface area contributed by atoms with Crippen LogP contribution in [0, 0.1) is 11.3 Å². The van der Waals surface area contributed by atoms with Crippen LogP contribution in [0.1, 0.15) is 58.8 Å². The van der Waals surface area contributed by atoms with Crippen LogP contribution in [0.5, 0.6) is 0 Å². The molecule has 1 aliphatic rings. The van der Waals surface area contributed by atoms with Gasteiger partial charge in [-0.2, -0.15) is 0 Å². The minimum atomic E-state index is -0.109. The molecule has 2 rings (SSSR count). The van der Waals surface area contributed by atoms with Gasteiger partial charge in [0.15, 0.2) is 0 Å². The Morgan fingerprint density at radius 2 is 1.85 bits per heavy atom. The summed E-state index contributed by atoms with van der Waals surface area (Å²) < 4.78 is 5.15. The van der Waals surface area contributed by atoms with Crippen LogP contribution in [0.2, 0.25) is 0 Å². The minimum Gasteiger partial charge on any atom is -0.466 e. The zero-order valence-corrected chi connectivity index (χ0v) is 13.2. The van der Waals surface area contributed by atoms with Crippen LogP contribution in [-0.2, 0) is 14.9 Å². The van der Waals surface area contributed by atoms with Crippen molar-refractivity contribution in [3.63, 3.8) is 0 Å². The average molecular weight is 276 g/mol. The summed E-state index contributed by atoms with van der Waals surface area (Å²) in [7, 11) is 0. The van der Waals surface area contributed by atoms with Crippen LogP contribution in [0.25, 0.3) is 0 Å². The van der Waals surface area contributed by atoms with Crippen molar-refractivity contribution in [2.75, 3.05) is 6.61 Å². The molecule has 1 aliphatic carbocycles. The summed E-state index contributed by atoms with van der Waals surface area (Å²) in [6, 6.07) is 0. The van der Waals surface area contributed by atoms with Crippen LogP contribution < -0.4 is 0 Å². The molecule has 2 atom stereocenters. The van der Waals surface area contributed by atoms with Gasteiger partial charge < -0.3 is 4.74 Å². The van der Waals surface area contributed by atoms with E-state index in [2.05, 4.69) is 44.6 Å². The molecular formula is C16H24N2O2. The molecule has 1 aromatic rings. The van der Waals surface area contributed by atoms with Crippen LogP contribution in [0.15, 0.2) is 12.4 Å². The summed E-state index contributed by atoms with van der Waals surface area (Å²) in [5.41, 5.74) is 0.901. The molecule has 110 valence electrons. The van der Waals surface area contributed by atoms with Gasteiger partial charge in [-0.15, -0.1) is 0 Å². The van der Waals surface area contributed by atoms with E-state index >= 15 is 0 Å². The lowest BCUT2D eigenvalue weighted by molar-refractivity contribution is -0.145. The van der Waals surface area contributed by atoms with Crippen molar-refractivity contribution in [1.29, 1.82) is 0 Å². The first-order valence-corrected chi connectivity index (χ1v) is 7.18. The molecule has 1 fully saturated rings. The fourth-order valence-electron chi connectivity index (χ4n) is 2.82.